The van der Waals surface area contributed by atoms with E-state index in [0.717, 1.165) is 67.5 Å². The summed E-state index contributed by atoms with van der Waals surface area (Å²) in [4.78, 5) is 5.38. The molecule has 4 nitrogen and oxygen atoms in total. The molecule has 0 saturated carbocycles. The van der Waals surface area contributed by atoms with Crippen molar-refractivity contribution in [1.29, 1.82) is 0 Å². The van der Waals surface area contributed by atoms with Crippen molar-refractivity contribution in [1.82, 2.24) is 0 Å². The van der Waals surface area contributed by atoms with Crippen LogP contribution in [-0.4, -0.2) is 11.5 Å². The smallest absolute Gasteiger partial charge is 0.178 e. The minimum absolute atomic E-state index is 0.183. The third-order valence-electron chi connectivity index (χ3n) is 10.5. The first kappa shape index (κ1) is 34.6. The summed E-state index contributed by atoms with van der Waals surface area (Å²) >= 11 is 0. The number of aliphatic imine (C=N–C) groups is 1. The zero-order valence-electron chi connectivity index (χ0n) is 30.5. The van der Waals surface area contributed by atoms with Crippen LogP contribution in [0.25, 0.3) is 27.5 Å². The van der Waals surface area contributed by atoms with E-state index in [1.54, 1.807) is 0 Å². The molecule has 0 spiro atoms. The maximum absolute atomic E-state index is 6.43. The number of allylic oxidation sites excluding steroid dienone is 15. The zero-order valence-corrected chi connectivity index (χ0v) is 30.5. The largest absolute Gasteiger partial charge is 0.456 e. The lowest BCUT2D eigenvalue weighted by Crippen LogP contribution is -2.18. The van der Waals surface area contributed by atoms with E-state index in [0.29, 0.717) is 18.2 Å². The summed E-state index contributed by atoms with van der Waals surface area (Å²) in [6.07, 6.45) is 30.3. The summed E-state index contributed by atoms with van der Waals surface area (Å²) in [7, 11) is 0. The lowest BCUT2D eigenvalue weighted by molar-refractivity contribution is 0.641. The molecule has 0 amide bonds. The van der Waals surface area contributed by atoms with Crippen LogP contribution in [0.4, 0.5) is 0 Å². The molecule has 3 aliphatic carbocycles. The quantitative estimate of drug-likeness (QED) is 0.0547. The molecule has 264 valence electrons. The molecule has 3 atom stereocenters. The maximum atomic E-state index is 6.43. The van der Waals surface area contributed by atoms with E-state index in [1.165, 1.54) is 11.1 Å². The summed E-state index contributed by atoms with van der Waals surface area (Å²) in [5.74, 6) is 7.67. The molecule has 0 fully saturated rings. The normalized spacial score (nSPS) is 20.3. The third kappa shape index (κ3) is 6.99. The van der Waals surface area contributed by atoms with Crippen molar-refractivity contribution in [3.05, 3.63) is 222 Å². The second kappa shape index (κ2) is 15.6. The van der Waals surface area contributed by atoms with Crippen molar-refractivity contribution in [2.45, 2.75) is 19.8 Å². The molecule has 3 unspecified atom stereocenters. The molecular weight excluding hydrogens is 659 g/mol. The number of hydrogen-bond donors (Lipinski definition) is 1. The van der Waals surface area contributed by atoms with Gasteiger partial charge in [0.1, 0.15) is 11.2 Å². The SMILES string of the molecule is C=C/C(=C\C=C/Cc1ccc2oc3ccccc3c2c1/C(=N\C(=N/N)C1=CC2C=CC(C3=CC=CCC3C)=CC2C=C1)c1ccccc1)c1ccccc1. The van der Waals surface area contributed by atoms with Crippen LogP contribution in [0.3, 0.4) is 0 Å². The lowest BCUT2D eigenvalue weighted by atomic mass is 9.77. The maximum Gasteiger partial charge on any atom is 0.178 e. The van der Waals surface area contributed by atoms with E-state index in [1.807, 2.05) is 54.6 Å². The van der Waals surface area contributed by atoms with Crippen LogP contribution in [0.15, 0.2) is 214 Å². The highest BCUT2D eigenvalue weighted by Crippen LogP contribution is 2.38. The van der Waals surface area contributed by atoms with Crippen LogP contribution in [0, 0.1) is 17.8 Å². The first-order chi connectivity index (χ1) is 26.6. The topological polar surface area (TPSA) is 63.9 Å². The summed E-state index contributed by atoms with van der Waals surface area (Å²) < 4.78 is 6.43. The molecule has 0 radical (unpaired) electrons. The van der Waals surface area contributed by atoms with E-state index in [-0.39, 0.29) is 11.8 Å². The first-order valence-corrected chi connectivity index (χ1v) is 18.7. The van der Waals surface area contributed by atoms with Gasteiger partial charge in [-0.15, -0.1) is 0 Å². The van der Waals surface area contributed by atoms with Gasteiger partial charge < -0.3 is 10.3 Å². The van der Waals surface area contributed by atoms with Crippen molar-refractivity contribution < 1.29 is 4.42 Å². The van der Waals surface area contributed by atoms with Gasteiger partial charge in [0.15, 0.2) is 5.84 Å². The summed E-state index contributed by atoms with van der Waals surface area (Å²) in [6, 6.07) is 33.0. The average Bonchev–Trinajstić information content (AvgIpc) is 3.61. The molecule has 3 aliphatic rings. The third-order valence-corrected chi connectivity index (χ3v) is 10.5. The predicted molar refractivity (Wildman–Crippen MR) is 227 cm³/mol. The average molecular weight is 702 g/mol. The molecule has 4 aromatic carbocycles. The van der Waals surface area contributed by atoms with Gasteiger partial charge in [0, 0.05) is 39.3 Å². The molecule has 2 N–H and O–H groups in total. The van der Waals surface area contributed by atoms with Gasteiger partial charge in [-0.05, 0) is 58.7 Å². The van der Waals surface area contributed by atoms with Crippen LogP contribution < -0.4 is 5.84 Å². The Morgan fingerprint density at radius 3 is 2.37 bits per heavy atom. The van der Waals surface area contributed by atoms with Gasteiger partial charge in [0.05, 0.1) is 5.71 Å². The second-order valence-corrected chi connectivity index (χ2v) is 14.0. The molecule has 0 bridgehead atoms. The summed E-state index contributed by atoms with van der Waals surface area (Å²) in [5.41, 5.74) is 11.3. The Kier molecular flexibility index (Phi) is 9.99. The Labute approximate surface area is 317 Å². The number of hydrogen-bond acceptors (Lipinski definition) is 3. The van der Waals surface area contributed by atoms with Gasteiger partial charge in [-0.2, -0.15) is 5.10 Å². The monoisotopic (exact) mass is 701 g/mol. The van der Waals surface area contributed by atoms with Crippen molar-refractivity contribution >= 4 is 39.1 Å². The highest BCUT2D eigenvalue weighted by atomic mass is 16.3. The number of nitrogens with zero attached hydrogens (tertiary/aromatic N) is 2. The van der Waals surface area contributed by atoms with Crippen molar-refractivity contribution in [3.63, 3.8) is 0 Å². The fraction of sp³-hybridized carbons (Fsp3) is 0.120. The van der Waals surface area contributed by atoms with Crippen LogP contribution in [0.2, 0.25) is 0 Å². The van der Waals surface area contributed by atoms with Crippen LogP contribution in [-0.2, 0) is 6.42 Å². The first-order valence-electron chi connectivity index (χ1n) is 18.7. The molecule has 5 aromatic rings. The number of hydrazone groups is 1. The fourth-order valence-electron chi connectivity index (χ4n) is 7.73. The number of nitrogens with two attached hydrogens (primary N) is 1. The van der Waals surface area contributed by atoms with Gasteiger partial charge in [0.25, 0.3) is 0 Å². The lowest BCUT2D eigenvalue weighted by Gasteiger charge is -2.28. The fourth-order valence-corrected chi connectivity index (χ4v) is 7.73. The second-order valence-electron chi connectivity index (χ2n) is 14.0. The van der Waals surface area contributed by atoms with Crippen molar-refractivity contribution in [3.8, 4) is 0 Å². The molecule has 8 rings (SSSR count). The van der Waals surface area contributed by atoms with E-state index in [4.69, 9.17) is 15.3 Å². The van der Waals surface area contributed by atoms with E-state index >= 15 is 0 Å². The number of rotatable bonds is 9. The van der Waals surface area contributed by atoms with E-state index < -0.39 is 0 Å². The Balaban J connectivity index is 1.21. The predicted octanol–water partition coefficient (Wildman–Crippen LogP) is 11.8. The molecule has 4 heteroatoms. The van der Waals surface area contributed by atoms with Gasteiger partial charge in [0.2, 0.25) is 0 Å². The molecule has 0 aliphatic heterocycles. The molecular formula is C50H43N3O. The van der Waals surface area contributed by atoms with Gasteiger partial charge in [-0.1, -0.05) is 177 Å². The Morgan fingerprint density at radius 2 is 1.59 bits per heavy atom. The number of amidine groups is 1. The summed E-state index contributed by atoms with van der Waals surface area (Å²) in [5, 5.41) is 6.38. The summed E-state index contributed by atoms with van der Waals surface area (Å²) in [6.45, 7) is 6.35. The Bertz CT molecular complexity index is 2530. The minimum Gasteiger partial charge on any atom is -0.456 e. The Hall–Kier alpha value is -6.52. The zero-order chi connectivity index (χ0) is 36.9. The molecule has 0 saturated heterocycles. The van der Waals surface area contributed by atoms with Crippen LogP contribution >= 0.6 is 0 Å². The van der Waals surface area contributed by atoms with Crippen molar-refractivity contribution in [2.75, 3.05) is 0 Å². The Morgan fingerprint density at radius 1 is 0.852 bits per heavy atom. The van der Waals surface area contributed by atoms with E-state index in [9.17, 15) is 0 Å². The van der Waals surface area contributed by atoms with Crippen molar-refractivity contribution in [2.24, 2.45) is 33.7 Å². The number of benzene rings is 4. The number of furan rings is 1. The molecule has 1 heterocycles. The van der Waals surface area contributed by atoms with Gasteiger partial charge >= 0.3 is 0 Å². The highest BCUT2D eigenvalue weighted by molar-refractivity contribution is 6.28. The molecule has 1 aromatic heterocycles. The molecule has 54 heavy (non-hydrogen) atoms. The van der Waals surface area contributed by atoms with Gasteiger partial charge in [-0.25, -0.2) is 4.99 Å². The number of para-hydroxylation sites is 1. The highest BCUT2D eigenvalue weighted by Gasteiger charge is 2.26. The minimum atomic E-state index is 0.183. The van der Waals surface area contributed by atoms with Crippen LogP contribution in [0.5, 0.6) is 0 Å². The standard InChI is InChI=1S/C50H43N3O/c1-3-35(36-18-6-4-7-19-36)17-11-12-20-37-30-31-46-48(44-24-14-15-25-45(44)54-46)47(37)49(38-21-8-5-9-22-38)52-50(53-51)42-29-27-39-32-41(28-26-40(39)33-42)43-23-13-10-16-34(43)2/h3-15,17-19,21-34,39-40H,1,16,20,51H2,2H3/b12-11-,35-17+,52-49-,53-50-. The number of fused-ring (bicyclic) bond motifs is 4. The van der Waals surface area contributed by atoms with E-state index in [2.05, 4.69) is 140 Å². The van der Waals surface area contributed by atoms with Crippen LogP contribution in [0.1, 0.15) is 35.6 Å². The van der Waals surface area contributed by atoms with Gasteiger partial charge in [-0.3, -0.25) is 0 Å².